The molecule has 7 nitrogen and oxygen atoms in total. The number of benzene rings is 1. The normalized spacial score (nSPS) is 10.7. The van der Waals surface area contributed by atoms with E-state index in [1.807, 2.05) is 16.8 Å². The van der Waals surface area contributed by atoms with Gasteiger partial charge >= 0.3 is 5.97 Å². The first-order valence-electron chi connectivity index (χ1n) is 7.85. The van der Waals surface area contributed by atoms with Crippen molar-refractivity contribution in [2.75, 3.05) is 13.7 Å². The molecule has 0 aliphatic heterocycles. The van der Waals surface area contributed by atoms with Crippen LogP contribution in [-0.4, -0.2) is 40.2 Å². The minimum atomic E-state index is -0.742. The number of amides is 1. The first-order valence-corrected chi connectivity index (χ1v) is 8.80. The number of hydrogen-bond acceptors (Lipinski definition) is 6. The molecule has 3 aromatic rings. The van der Waals surface area contributed by atoms with E-state index in [2.05, 4.69) is 5.10 Å². The molecule has 0 spiro atoms. The second-order valence-electron chi connectivity index (χ2n) is 5.78. The van der Waals surface area contributed by atoms with E-state index in [1.165, 1.54) is 11.9 Å². The van der Waals surface area contributed by atoms with Crippen LogP contribution < -0.4 is 5.56 Å². The number of rotatable bonds is 5. The van der Waals surface area contributed by atoms with Gasteiger partial charge in [0.25, 0.3) is 11.5 Å². The van der Waals surface area contributed by atoms with Crippen molar-refractivity contribution in [3.8, 4) is 0 Å². The second kappa shape index (κ2) is 7.49. The molecular weight excluding hydrogens is 354 g/mol. The van der Waals surface area contributed by atoms with Crippen LogP contribution in [0, 0.1) is 0 Å². The average Bonchev–Trinajstić information content (AvgIpc) is 3.15. The van der Waals surface area contributed by atoms with E-state index in [0.29, 0.717) is 17.3 Å². The molecule has 0 bridgehead atoms. The number of aromatic nitrogens is 2. The van der Waals surface area contributed by atoms with Gasteiger partial charge in [0.1, 0.15) is 0 Å². The fourth-order valence-corrected chi connectivity index (χ4v) is 3.16. The standard InChI is InChI=1S/C18H17N3O4S/c1-20(9-12-7-8-26-11-12)15(22)10-25-18(24)16-13-5-3-4-6-14(13)17(23)21(2)19-16/h3-8,11H,9-10H2,1-2H3. The quantitative estimate of drug-likeness (QED) is 0.639. The minimum Gasteiger partial charge on any atom is -0.451 e. The van der Waals surface area contributed by atoms with Gasteiger partial charge in [0.2, 0.25) is 0 Å². The third-order valence-electron chi connectivity index (χ3n) is 3.90. The van der Waals surface area contributed by atoms with E-state index in [0.717, 1.165) is 10.2 Å². The van der Waals surface area contributed by atoms with Crippen LogP contribution in [0.4, 0.5) is 0 Å². The summed E-state index contributed by atoms with van der Waals surface area (Å²) in [5, 5.41) is 8.66. The summed E-state index contributed by atoms with van der Waals surface area (Å²) in [4.78, 5) is 38.1. The lowest BCUT2D eigenvalue weighted by Crippen LogP contribution is -2.31. The summed E-state index contributed by atoms with van der Waals surface area (Å²) in [5.41, 5.74) is 0.725. The maximum absolute atomic E-state index is 12.4. The van der Waals surface area contributed by atoms with E-state index >= 15 is 0 Å². The Balaban J connectivity index is 1.72. The van der Waals surface area contributed by atoms with Crippen molar-refractivity contribution in [3.63, 3.8) is 0 Å². The van der Waals surface area contributed by atoms with Gasteiger partial charge in [0.05, 0.1) is 5.39 Å². The predicted octanol–water partition coefficient (Wildman–Crippen LogP) is 1.81. The highest BCUT2D eigenvalue weighted by Gasteiger charge is 2.19. The zero-order valence-electron chi connectivity index (χ0n) is 14.3. The van der Waals surface area contributed by atoms with Crippen LogP contribution in [0.25, 0.3) is 10.8 Å². The molecular formula is C18H17N3O4S. The zero-order chi connectivity index (χ0) is 18.7. The maximum atomic E-state index is 12.4. The molecule has 0 aliphatic rings. The Labute approximate surface area is 153 Å². The third-order valence-corrected chi connectivity index (χ3v) is 4.63. The number of esters is 1. The predicted molar refractivity (Wildman–Crippen MR) is 98.1 cm³/mol. The Morgan fingerprint density at radius 3 is 2.65 bits per heavy atom. The number of carbonyl (C=O) groups is 2. The van der Waals surface area contributed by atoms with E-state index in [9.17, 15) is 14.4 Å². The number of nitrogens with zero attached hydrogens (tertiary/aromatic N) is 3. The Morgan fingerprint density at radius 1 is 1.23 bits per heavy atom. The molecule has 0 saturated carbocycles. The number of aryl methyl sites for hydroxylation is 1. The number of thiophene rings is 1. The average molecular weight is 371 g/mol. The molecule has 0 radical (unpaired) electrons. The van der Waals surface area contributed by atoms with E-state index in [1.54, 1.807) is 42.6 Å². The fourth-order valence-electron chi connectivity index (χ4n) is 2.50. The van der Waals surface area contributed by atoms with Gasteiger partial charge in [-0.2, -0.15) is 16.4 Å². The van der Waals surface area contributed by atoms with Gasteiger partial charge < -0.3 is 9.64 Å². The minimum absolute atomic E-state index is 0.0102. The molecule has 0 N–H and O–H groups in total. The summed E-state index contributed by atoms with van der Waals surface area (Å²) in [7, 11) is 3.11. The molecule has 0 saturated heterocycles. The van der Waals surface area contributed by atoms with Gasteiger partial charge in [-0.3, -0.25) is 9.59 Å². The first-order chi connectivity index (χ1) is 12.5. The van der Waals surface area contributed by atoms with Crippen molar-refractivity contribution in [1.29, 1.82) is 0 Å². The number of hydrogen-bond donors (Lipinski definition) is 0. The lowest BCUT2D eigenvalue weighted by Gasteiger charge is -2.16. The van der Waals surface area contributed by atoms with Crippen molar-refractivity contribution in [1.82, 2.24) is 14.7 Å². The lowest BCUT2D eigenvalue weighted by atomic mass is 10.1. The van der Waals surface area contributed by atoms with Gasteiger partial charge in [-0.25, -0.2) is 9.48 Å². The topological polar surface area (TPSA) is 81.5 Å². The zero-order valence-corrected chi connectivity index (χ0v) is 15.2. The highest BCUT2D eigenvalue weighted by atomic mass is 32.1. The van der Waals surface area contributed by atoms with Gasteiger partial charge in [-0.1, -0.05) is 18.2 Å². The smallest absolute Gasteiger partial charge is 0.359 e. The molecule has 8 heteroatoms. The summed E-state index contributed by atoms with van der Waals surface area (Å²) in [6.45, 7) is 0.0548. The Kier molecular flexibility index (Phi) is 5.13. The summed E-state index contributed by atoms with van der Waals surface area (Å²) in [5.74, 6) is -1.06. The SMILES string of the molecule is CN(Cc1ccsc1)C(=O)COC(=O)c1nn(C)c(=O)c2ccccc12. The summed E-state index contributed by atoms with van der Waals surface area (Å²) >= 11 is 1.55. The van der Waals surface area contributed by atoms with Crippen LogP contribution in [-0.2, 0) is 23.1 Å². The van der Waals surface area contributed by atoms with E-state index < -0.39 is 12.6 Å². The van der Waals surface area contributed by atoms with Crippen LogP contribution in [0.15, 0.2) is 45.9 Å². The summed E-state index contributed by atoms with van der Waals surface area (Å²) in [6, 6.07) is 8.60. The van der Waals surface area contributed by atoms with Gasteiger partial charge in [-0.05, 0) is 28.5 Å². The highest BCUT2D eigenvalue weighted by Crippen LogP contribution is 2.14. The van der Waals surface area contributed by atoms with Crippen LogP contribution in [0.2, 0.25) is 0 Å². The molecule has 2 aromatic heterocycles. The van der Waals surface area contributed by atoms with Crippen LogP contribution >= 0.6 is 11.3 Å². The summed E-state index contributed by atoms with van der Waals surface area (Å²) in [6.07, 6.45) is 0. The second-order valence-corrected chi connectivity index (χ2v) is 6.56. The van der Waals surface area contributed by atoms with Crippen molar-refractivity contribution in [2.24, 2.45) is 7.05 Å². The van der Waals surface area contributed by atoms with Crippen LogP contribution in [0.1, 0.15) is 16.1 Å². The fraction of sp³-hybridized carbons (Fsp3) is 0.222. The first kappa shape index (κ1) is 17.8. The molecule has 3 rings (SSSR count). The molecule has 0 fully saturated rings. The van der Waals surface area contributed by atoms with Gasteiger partial charge in [0, 0.05) is 26.0 Å². The number of carbonyl (C=O) groups excluding carboxylic acids is 2. The van der Waals surface area contributed by atoms with Crippen molar-refractivity contribution in [2.45, 2.75) is 6.54 Å². The largest absolute Gasteiger partial charge is 0.451 e. The maximum Gasteiger partial charge on any atom is 0.359 e. The van der Waals surface area contributed by atoms with Crippen molar-refractivity contribution >= 4 is 34.0 Å². The highest BCUT2D eigenvalue weighted by molar-refractivity contribution is 7.07. The molecule has 134 valence electrons. The van der Waals surface area contributed by atoms with Gasteiger partial charge in [-0.15, -0.1) is 0 Å². The van der Waals surface area contributed by atoms with Gasteiger partial charge in [0.15, 0.2) is 12.3 Å². The Morgan fingerprint density at radius 2 is 1.96 bits per heavy atom. The number of fused-ring (bicyclic) bond motifs is 1. The third kappa shape index (κ3) is 3.65. The van der Waals surface area contributed by atoms with E-state index in [-0.39, 0.29) is 17.2 Å². The molecule has 26 heavy (non-hydrogen) atoms. The Hall–Kier alpha value is -3.00. The number of likely N-dealkylation sites (N-methyl/N-ethyl adjacent to an activating group) is 1. The molecule has 0 aliphatic carbocycles. The van der Waals surface area contributed by atoms with Crippen molar-refractivity contribution < 1.29 is 14.3 Å². The summed E-state index contributed by atoms with van der Waals surface area (Å²) < 4.78 is 6.21. The van der Waals surface area contributed by atoms with E-state index in [4.69, 9.17) is 4.74 Å². The lowest BCUT2D eigenvalue weighted by molar-refractivity contribution is -0.133. The molecule has 1 amide bonds. The monoisotopic (exact) mass is 371 g/mol. The molecule has 0 unspecified atom stereocenters. The van der Waals surface area contributed by atoms with Crippen molar-refractivity contribution in [3.05, 3.63) is 62.7 Å². The van der Waals surface area contributed by atoms with Crippen LogP contribution in [0.3, 0.4) is 0 Å². The molecule has 2 heterocycles. The van der Waals surface area contributed by atoms with Crippen LogP contribution in [0.5, 0.6) is 0 Å². The molecule has 0 atom stereocenters. The Bertz CT molecular complexity index is 1010. The molecule has 1 aromatic carbocycles. The number of ether oxygens (including phenoxy) is 1.